The molecule has 2 heterocycles. The van der Waals surface area contributed by atoms with Gasteiger partial charge in [0.15, 0.2) is 0 Å². The zero-order valence-corrected chi connectivity index (χ0v) is 19.8. The van der Waals surface area contributed by atoms with E-state index in [4.69, 9.17) is 4.42 Å². The Hall–Kier alpha value is -3.21. The Kier molecular flexibility index (Phi) is 6.84. The van der Waals surface area contributed by atoms with E-state index in [1.54, 1.807) is 23.7 Å². The number of nitrogens with zero attached hydrogens (tertiary/aromatic N) is 2. The van der Waals surface area contributed by atoms with Gasteiger partial charge in [0.1, 0.15) is 22.2 Å². The molecule has 2 aromatic carbocycles. The molecule has 1 N–H and O–H groups in total. The molecule has 0 saturated heterocycles. The van der Waals surface area contributed by atoms with Crippen molar-refractivity contribution in [2.45, 2.75) is 26.2 Å². The molecule has 0 saturated carbocycles. The molecule has 7 heteroatoms. The summed E-state index contributed by atoms with van der Waals surface area (Å²) in [6.45, 7) is 2.18. The van der Waals surface area contributed by atoms with Crippen LogP contribution in [-0.2, 0) is 6.42 Å². The number of fused-ring (bicyclic) bond motifs is 1. The lowest BCUT2D eigenvalue weighted by Gasteiger charge is -2.04. The Morgan fingerprint density at radius 3 is 2.81 bits per heavy atom. The average molecular weight is 506 g/mol. The van der Waals surface area contributed by atoms with Gasteiger partial charge in [-0.15, -0.1) is 11.3 Å². The summed E-state index contributed by atoms with van der Waals surface area (Å²) in [5.74, 6) is 0. The van der Waals surface area contributed by atoms with Gasteiger partial charge in [0.25, 0.3) is 0 Å². The van der Waals surface area contributed by atoms with Gasteiger partial charge in [0, 0.05) is 27.1 Å². The fourth-order valence-electron chi connectivity index (χ4n) is 3.24. The van der Waals surface area contributed by atoms with Crippen LogP contribution in [0.1, 0.15) is 30.3 Å². The quantitative estimate of drug-likeness (QED) is 0.216. The number of anilines is 1. The van der Waals surface area contributed by atoms with Crippen LogP contribution in [0.25, 0.3) is 27.8 Å². The van der Waals surface area contributed by atoms with Crippen LogP contribution < -0.4 is 10.9 Å². The maximum absolute atomic E-state index is 12.5. The largest absolute Gasteiger partial charge is 0.422 e. The number of thiazole rings is 1. The summed E-state index contributed by atoms with van der Waals surface area (Å²) in [6, 6.07) is 17.6. The van der Waals surface area contributed by atoms with Crippen LogP contribution in [0, 0.1) is 11.3 Å². The van der Waals surface area contributed by atoms with E-state index in [9.17, 15) is 10.1 Å². The van der Waals surface area contributed by atoms with E-state index in [-0.39, 0.29) is 0 Å². The minimum absolute atomic E-state index is 0.367. The zero-order valence-electron chi connectivity index (χ0n) is 17.4. The average Bonchev–Trinajstić information content (AvgIpc) is 3.28. The van der Waals surface area contributed by atoms with Crippen LogP contribution in [0.5, 0.6) is 0 Å². The van der Waals surface area contributed by atoms with Crippen molar-refractivity contribution >= 4 is 49.5 Å². The number of allylic oxidation sites excluding steroid dienone is 1. The summed E-state index contributed by atoms with van der Waals surface area (Å²) in [6.07, 6.45) is 5.05. The number of halogens is 1. The normalized spacial score (nSPS) is 11.5. The summed E-state index contributed by atoms with van der Waals surface area (Å²) < 4.78 is 6.33. The Morgan fingerprint density at radius 1 is 1.25 bits per heavy atom. The van der Waals surface area contributed by atoms with Crippen molar-refractivity contribution in [1.29, 1.82) is 5.26 Å². The number of benzene rings is 2. The minimum atomic E-state index is -0.458. The third kappa shape index (κ3) is 4.98. The van der Waals surface area contributed by atoms with Gasteiger partial charge in [0.05, 0.1) is 11.3 Å². The lowest BCUT2D eigenvalue weighted by atomic mass is 10.1. The number of nitriles is 1. The molecule has 0 bridgehead atoms. The highest BCUT2D eigenvalue weighted by molar-refractivity contribution is 9.10. The van der Waals surface area contributed by atoms with E-state index >= 15 is 0 Å². The molecule has 0 aliphatic heterocycles. The summed E-state index contributed by atoms with van der Waals surface area (Å²) in [4.78, 5) is 17.0. The molecule has 2 aromatic heterocycles. The van der Waals surface area contributed by atoms with Gasteiger partial charge in [0.2, 0.25) is 0 Å². The molecule has 0 aliphatic rings. The van der Waals surface area contributed by atoms with Gasteiger partial charge in [-0.2, -0.15) is 5.26 Å². The van der Waals surface area contributed by atoms with Crippen molar-refractivity contribution in [3.05, 3.63) is 85.6 Å². The highest BCUT2D eigenvalue weighted by Gasteiger charge is 2.14. The van der Waals surface area contributed by atoms with Crippen molar-refractivity contribution in [3.8, 4) is 17.3 Å². The van der Waals surface area contributed by atoms with Gasteiger partial charge in [-0.05, 0) is 54.8 Å². The first-order valence-corrected chi connectivity index (χ1v) is 11.9. The first-order chi connectivity index (χ1) is 15.6. The molecule has 4 aromatic rings. The predicted octanol–water partition coefficient (Wildman–Crippen LogP) is 7.00. The van der Waals surface area contributed by atoms with Crippen LogP contribution in [-0.4, -0.2) is 4.98 Å². The van der Waals surface area contributed by atoms with Gasteiger partial charge >= 0.3 is 5.63 Å². The second kappa shape index (κ2) is 9.94. The molecule has 0 amide bonds. The second-order valence-electron chi connectivity index (χ2n) is 7.28. The van der Waals surface area contributed by atoms with Crippen LogP contribution in [0.3, 0.4) is 0 Å². The van der Waals surface area contributed by atoms with Crippen molar-refractivity contribution in [2.24, 2.45) is 0 Å². The van der Waals surface area contributed by atoms with Gasteiger partial charge in [-0.25, -0.2) is 9.78 Å². The van der Waals surface area contributed by atoms with Crippen LogP contribution >= 0.6 is 27.3 Å². The van der Waals surface area contributed by atoms with E-state index in [2.05, 4.69) is 51.4 Å². The highest BCUT2D eigenvalue weighted by Crippen LogP contribution is 2.27. The molecule has 0 unspecified atom stereocenters. The first kappa shape index (κ1) is 22.0. The zero-order chi connectivity index (χ0) is 22.5. The van der Waals surface area contributed by atoms with Gasteiger partial charge in [-0.3, -0.25) is 0 Å². The molecule has 0 radical (unpaired) electrons. The van der Waals surface area contributed by atoms with Gasteiger partial charge < -0.3 is 9.73 Å². The molecule has 0 spiro atoms. The number of aromatic nitrogens is 1. The molecule has 5 nitrogen and oxygen atoms in total. The molecular formula is C25H20BrN3O2S. The SMILES string of the molecule is CCCCc1ccc(N/C=C(/C#N)c2nc(-c3cc4cc(Br)ccc4oc3=O)cs2)cc1. The summed E-state index contributed by atoms with van der Waals surface area (Å²) in [5, 5.41) is 15.9. The maximum Gasteiger partial charge on any atom is 0.345 e. The summed E-state index contributed by atoms with van der Waals surface area (Å²) >= 11 is 4.74. The predicted molar refractivity (Wildman–Crippen MR) is 134 cm³/mol. The molecule has 4 rings (SSSR count). The maximum atomic E-state index is 12.5. The third-order valence-electron chi connectivity index (χ3n) is 4.98. The van der Waals surface area contributed by atoms with E-state index in [1.807, 2.05) is 24.3 Å². The minimum Gasteiger partial charge on any atom is -0.422 e. The lowest BCUT2D eigenvalue weighted by molar-refractivity contribution is 0.563. The Balaban J connectivity index is 1.56. The number of nitrogens with one attached hydrogen (secondary N) is 1. The van der Waals surface area contributed by atoms with Gasteiger partial charge in [-0.1, -0.05) is 41.4 Å². The molecule has 0 atom stereocenters. The van der Waals surface area contributed by atoms with E-state index in [0.29, 0.717) is 27.4 Å². The number of unbranched alkanes of at least 4 members (excludes halogenated alkanes) is 1. The third-order valence-corrected chi connectivity index (χ3v) is 6.35. The lowest BCUT2D eigenvalue weighted by Crippen LogP contribution is -2.03. The number of hydrogen-bond acceptors (Lipinski definition) is 6. The highest BCUT2D eigenvalue weighted by atomic mass is 79.9. The van der Waals surface area contributed by atoms with Crippen LogP contribution in [0.2, 0.25) is 0 Å². The Labute approximate surface area is 198 Å². The van der Waals surface area contributed by atoms with Crippen molar-refractivity contribution in [3.63, 3.8) is 0 Å². The van der Waals surface area contributed by atoms with E-state index < -0.39 is 5.63 Å². The van der Waals surface area contributed by atoms with E-state index in [0.717, 1.165) is 22.0 Å². The number of rotatable bonds is 7. The molecule has 0 fully saturated rings. The van der Waals surface area contributed by atoms with Crippen LogP contribution in [0.15, 0.2) is 73.8 Å². The molecular weight excluding hydrogens is 486 g/mol. The Morgan fingerprint density at radius 2 is 2.06 bits per heavy atom. The second-order valence-corrected chi connectivity index (χ2v) is 9.06. The smallest absolute Gasteiger partial charge is 0.345 e. The number of aryl methyl sites for hydroxylation is 1. The molecule has 160 valence electrons. The molecule has 32 heavy (non-hydrogen) atoms. The van der Waals surface area contributed by atoms with Crippen molar-refractivity contribution < 1.29 is 4.42 Å². The fourth-order valence-corrected chi connectivity index (χ4v) is 4.40. The monoisotopic (exact) mass is 505 g/mol. The molecule has 0 aliphatic carbocycles. The standard InChI is InChI=1S/C25H20BrN3O2S/c1-2-3-4-16-5-8-20(9-6-16)28-14-18(13-27)24-29-22(15-32-24)21-12-17-11-19(26)7-10-23(17)31-25(21)30/h5-12,14-15,28H,2-4H2,1H3/b18-14-. The summed E-state index contributed by atoms with van der Waals surface area (Å²) in [7, 11) is 0. The fraction of sp³-hybridized carbons (Fsp3) is 0.160. The van der Waals surface area contributed by atoms with E-state index in [1.165, 1.54) is 29.7 Å². The first-order valence-electron chi connectivity index (χ1n) is 10.2. The number of hydrogen-bond donors (Lipinski definition) is 1. The Bertz CT molecular complexity index is 1380. The van der Waals surface area contributed by atoms with Crippen molar-refractivity contribution in [1.82, 2.24) is 4.98 Å². The topological polar surface area (TPSA) is 78.9 Å². The summed E-state index contributed by atoms with van der Waals surface area (Å²) in [5.41, 5.74) is 3.50. The van der Waals surface area contributed by atoms with Crippen molar-refractivity contribution in [2.75, 3.05) is 5.32 Å². The van der Waals surface area contributed by atoms with Crippen LogP contribution in [0.4, 0.5) is 5.69 Å².